The molecule has 3 aromatic rings. The molecule has 1 aromatic carbocycles. The molecule has 1 unspecified atom stereocenters. The molecular formula is C16H17N3O. The largest absolute Gasteiger partial charge is 0.386 e. The average Bonchev–Trinajstić information content (AvgIpc) is 2.78. The van der Waals surface area contributed by atoms with E-state index in [9.17, 15) is 5.11 Å². The second-order valence-corrected chi connectivity index (χ2v) is 5.04. The minimum atomic E-state index is -0.563. The lowest BCUT2D eigenvalue weighted by Gasteiger charge is -2.12. The Morgan fingerprint density at radius 1 is 1.25 bits per heavy atom. The summed E-state index contributed by atoms with van der Waals surface area (Å²) >= 11 is 0. The number of para-hydroxylation sites is 1. The van der Waals surface area contributed by atoms with Crippen molar-refractivity contribution in [2.45, 2.75) is 19.4 Å². The Morgan fingerprint density at radius 2 is 2.05 bits per heavy atom. The van der Waals surface area contributed by atoms with Crippen molar-refractivity contribution in [2.24, 2.45) is 7.05 Å². The Balaban J connectivity index is 1.95. The summed E-state index contributed by atoms with van der Waals surface area (Å²) in [4.78, 5) is 4.34. The number of hydrogen-bond acceptors (Lipinski definition) is 3. The smallest absolute Gasteiger partial charge is 0.0997 e. The number of aromatic nitrogens is 3. The first-order chi connectivity index (χ1) is 9.65. The molecule has 20 heavy (non-hydrogen) atoms. The van der Waals surface area contributed by atoms with E-state index in [1.165, 1.54) is 0 Å². The maximum absolute atomic E-state index is 10.4. The van der Waals surface area contributed by atoms with E-state index in [1.807, 2.05) is 50.4 Å². The molecule has 4 nitrogen and oxygen atoms in total. The fourth-order valence-electron chi connectivity index (χ4n) is 2.59. The van der Waals surface area contributed by atoms with Crippen LogP contribution in [-0.2, 0) is 13.5 Å². The zero-order chi connectivity index (χ0) is 14.1. The average molecular weight is 267 g/mol. The van der Waals surface area contributed by atoms with E-state index in [-0.39, 0.29) is 0 Å². The van der Waals surface area contributed by atoms with Gasteiger partial charge in [0.1, 0.15) is 0 Å². The molecule has 0 radical (unpaired) electrons. The van der Waals surface area contributed by atoms with Gasteiger partial charge in [0.05, 0.1) is 23.0 Å². The molecule has 2 aromatic heterocycles. The molecule has 0 aliphatic heterocycles. The highest BCUT2D eigenvalue weighted by molar-refractivity contribution is 5.81. The van der Waals surface area contributed by atoms with Crippen LogP contribution in [-0.4, -0.2) is 19.9 Å². The Hall–Kier alpha value is -2.20. The van der Waals surface area contributed by atoms with Gasteiger partial charge in [-0.15, -0.1) is 0 Å². The van der Waals surface area contributed by atoms with Crippen molar-refractivity contribution in [1.29, 1.82) is 0 Å². The molecule has 0 fully saturated rings. The number of rotatable bonds is 3. The van der Waals surface area contributed by atoms with Crippen LogP contribution in [0.2, 0.25) is 0 Å². The van der Waals surface area contributed by atoms with Crippen LogP contribution in [0.15, 0.2) is 42.6 Å². The standard InChI is InChI=1S/C16H17N3O/c1-11-9-15(19(2)18-11)16(20)10-12-7-8-17-14-6-4-3-5-13(12)14/h3-9,16,20H,10H2,1-2H3. The first-order valence-electron chi connectivity index (χ1n) is 6.66. The third kappa shape index (κ3) is 2.30. The van der Waals surface area contributed by atoms with Gasteiger partial charge < -0.3 is 5.11 Å². The van der Waals surface area contributed by atoms with Crippen LogP contribution in [0.3, 0.4) is 0 Å². The van der Waals surface area contributed by atoms with Gasteiger partial charge >= 0.3 is 0 Å². The van der Waals surface area contributed by atoms with Crippen LogP contribution in [0.4, 0.5) is 0 Å². The molecule has 0 aliphatic rings. The molecule has 0 amide bonds. The molecular weight excluding hydrogens is 250 g/mol. The minimum absolute atomic E-state index is 0.558. The van der Waals surface area contributed by atoms with E-state index in [1.54, 1.807) is 10.9 Å². The Bertz CT molecular complexity index is 743. The highest BCUT2D eigenvalue weighted by atomic mass is 16.3. The summed E-state index contributed by atoms with van der Waals surface area (Å²) in [7, 11) is 1.86. The van der Waals surface area contributed by atoms with Gasteiger partial charge in [-0.1, -0.05) is 18.2 Å². The molecule has 2 heterocycles. The fourth-order valence-corrected chi connectivity index (χ4v) is 2.59. The van der Waals surface area contributed by atoms with Crippen LogP contribution in [0, 0.1) is 6.92 Å². The summed E-state index contributed by atoms with van der Waals surface area (Å²) in [5.74, 6) is 0. The van der Waals surface area contributed by atoms with Crippen molar-refractivity contribution in [1.82, 2.24) is 14.8 Å². The number of hydrogen-bond donors (Lipinski definition) is 1. The number of nitrogens with zero attached hydrogens (tertiary/aromatic N) is 3. The van der Waals surface area contributed by atoms with E-state index in [0.29, 0.717) is 6.42 Å². The van der Waals surface area contributed by atoms with Gasteiger partial charge in [-0.25, -0.2) is 0 Å². The van der Waals surface area contributed by atoms with Crippen LogP contribution < -0.4 is 0 Å². The maximum Gasteiger partial charge on any atom is 0.0997 e. The van der Waals surface area contributed by atoms with E-state index < -0.39 is 6.10 Å². The molecule has 102 valence electrons. The monoisotopic (exact) mass is 267 g/mol. The molecule has 0 saturated heterocycles. The zero-order valence-corrected chi connectivity index (χ0v) is 11.6. The normalized spacial score (nSPS) is 12.8. The first-order valence-corrected chi connectivity index (χ1v) is 6.66. The van der Waals surface area contributed by atoms with Gasteiger partial charge in [-0.05, 0) is 30.7 Å². The second kappa shape index (κ2) is 5.06. The van der Waals surface area contributed by atoms with Crippen molar-refractivity contribution in [3.8, 4) is 0 Å². The summed E-state index contributed by atoms with van der Waals surface area (Å²) in [5, 5.41) is 15.8. The molecule has 1 N–H and O–H groups in total. The van der Waals surface area contributed by atoms with Crippen LogP contribution in [0.5, 0.6) is 0 Å². The van der Waals surface area contributed by atoms with Crippen molar-refractivity contribution in [3.05, 3.63) is 59.5 Å². The summed E-state index contributed by atoms with van der Waals surface area (Å²) in [6.07, 6.45) is 1.79. The topological polar surface area (TPSA) is 50.9 Å². The summed E-state index contributed by atoms with van der Waals surface area (Å²) < 4.78 is 1.74. The lowest BCUT2D eigenvalue weighted by atomic mass is 10.0. The maximum atomic E-state index is 10.4. The van der Waals surface area contributed by atoms with E-state index in [4.69, 9.17) is 0 Å². The first kappa shape index (κ1) is 12.8. The van der Waals surface area contributed by atoms with Gasteiger partial charge in [-0.3, -0.25) is 9.67 Å². The number of fused-ring (bicyclic) bond motifs is 1. The number of pyridine rings is 1. The summed E-state index contributed by atoms with van der Waals surface area (Å²) in [6.45, 7) is 1.93. The SMILES string of the molecule is Cc1cc(C(O)Cc2ccnc3ccccc23)n(C)n1. The second-order valence-electron chi connectivity index (χ2n) is 5.04. The van der Waals surface area contributed by atoms with Crippen molar-refractivity contribution in [3.63, 3.8) is 0 Å². The summed E-state index contributed by atoms with van der Waals surface area (Å²) in [5.41, 5.74) is 3.81. The van der Waals surface area contributed by atoms with Crippen molar-refractivity contribution in [2.75, 3.05) is 0 Å². The number of aliphatic hydroxyl groups excluding tert-OH is 1. The zero-order valence-electron chi connectivity index (χ0n) is 11.6. The lowest BCUT2D eigenvalue weighted by Crippen LogP contribution is -2.08. The number of aryl methyl sites for hydroxylation is 2. The third-order valence-corrected chi connectivity index (χ3v) is 3.53. The van der Waals surface area contributed by atoms with Crippen LogP contribution >= 0.6 is 0 Å². The molecule has 4 heteroatoms. The number of aliphatic hydroxyl groups is 1. The van der Waals surface area contributed by atoms with Gasteiger partial charge in [0.25, 0.3) is 0 Å². The fraction of sp³-hybridized carbons (Fsp3) is 0.250. The van der Waals surface area contributed by atoms with E-state index >= 15 is 0 Å². The van der Waals surface area contributed by atoms with E-state index in [2.05, 4.69) is 10.1 Å². The molecule has 0 saturated carbocycles. The van der Waals surface area contributed by atoms with Gasteiger partial charge in [0.15, 0.2) is 0 Å². The predicted molar refractivity (Wildman–Crippen MR) is 78.4 cm³/mol. The Morgan fingerprint density at radius 3 is 2.80 bits per heavy atom. The Kier molecular flexibility index (Phi) is 3.24. The quantitative estimate of drug-likeness (QED) is 0.793. The highest BCUT2D eigenvalue weighted by Gasteiger charge is 2.15. The molecule has 3 rings (SSSR count). The third-order valence-electron chi connectivity index (χ3n) is 3.53. The van der Waals surface area contributed by atoms with Crippen molar-refractivity contribution < 1.29 is 5.11 Å². The minimum Gasteiger partial charge on any atom is -0.386 e. The van der Waals surface area contributed by atoms with Crippen molar-refractivity contribution >= 4 is 10.9 Å². The van der Waals surface area contributed by atoms with Crippen LogP contribution in [0.1, 0.15) is 23.1 Å². The highest BCUT2D eigenvalue weighted by Crippen LogP contribution is 2.23. The molecule has 0 aliphatic carbocycles. The van der Waals surface area contributed by atoms with E-state index in [0.717, 1.165) is 27.9 Å². The van der Waals surface area contributed by atoms with Gasteiger partial charge in [0, 0.05) is 25.1 Å². The summed E-state index contributed by atoms with van der Waals surface area (Å²) in [6, 6.07) is 11.9. The molecule has 0 spiro atoms. The Labute approximate surface area is 117 Å². The lowest BCUT2D eigenvalue weighted by molar-refractivity contribution is 0.169. The predicted octanol–water partition coefficient (Wildman–Crippen LogP) is 2.55. The van der Waals surface area contributed by atoms with Gasteiger partial charge in [-0.2, -0.15) is 5.10 Å². The molecule has 0 bridgehead atoms. The van der Waals surface area contributed by atoms with Gasteiger partial charge in [0.2, 0.25) is 0 Å². The molecule has 1 atom stereocenters. The van der Waals surface area contributed by atoms with Crippen LogP contribution in [0.25, 0.3) is 10.9 Å². The number of benzene rings is 1.